The average molecular weight is 174 g/mol. The number of ether oxygens (including phenoxy) is 2. The summed E-state index contributed by atoms with van der Waals surface area (Å²) < 4.78 is 10.7. The molecular weight excluding hydrogens is 160 g/mol. The van der Waals surface area contributed by atoms with Crippen LogP contribution in [0.3, 0.4) is 0 Å². The zero-order valence-electron chi connectivity index (χ0n) is 7.05. The smallest absolute Gasteiger partial charge is 0.131 e. The molecule has 1 aliphatic heterocycles. The van der Waals surface area contributed by atoms with E-state index in [0.29, 0.717) is 13.2 Å². The molecule has 1 heterocycles. The molecular formula is C8H14O2S. The number of hydrogen-bond donors (Lipinski definition) is 0. The molecule has 0 aromatic rings. The van der Waals surface area contributed by atoms with Gasteiger partial charge in [0.1, 0.15) is 19.0 Å². The van der Waals surface area contributed by atoms with Gasteiger partial charge in [-0.2, -0.15) is 0 Å². The summed E-state index contributed by atoms with van der Waals surface area (Å²) >= 11 is 1.75. The lowest BCUT2D eigenvalue weighted by atomic mass is 10.3. The summed E-state index contributed by atoms with van der Waals surface area (Å²) in [4.78, 5) is 1.31. The minimum atomic E-state index is 0.657. The van der Waals surface area contributed by atoms with Gasteiger partial charge < -0.3 is 9.47 Å². The van der Waals surface area contributed by atoms with Crippen molar-refractivity contribution < 1.29 is 9.47 Å². The van der Waals surface area contributed by atoms with Crippen molar-refractivity contribution in [1.82, 2.24) is 0 Å². The molecule has 1 fully saturated rings. The molecule has 11 heavy (non-hydrogen) atoms. The van der Waals surface area contributed by atoms with E-state index in [1.54, 1.807) is 11.8 Å². The van der Waals surface area contributed by atoms with Crippen LogP contribution in [0.1, 0.15) is 13.3 Å². The molecule has 0 aromatic carbocycles. The maximum atomic E-state index is 5.46. The molecule has 0 spiro atoms. The Morgan fingerprint density at radius 1 is 1.55 bits per heavy atom. The summed E-state index contributed by atoms with van der Waals surface area (Å²) in [6, 6.07) is 0. The lowest BCUT2D eigenvalue weighted by Gasteiger charge is -2.19. The van der Waals surface area contributed by atoms with Crippen molar-refractivity contribution in [1.29, 1.82) is 0 Å². The molecule has 64 valence electrons. The normalized spacial score (nSPS) is 22.7. The first kappa shape index (κ1) is 8.94. The van der Waals surface area contributed by atoms with Gasteiger partial charge in [-0.25, -0.2) is 0 Å². The fourth-order valence-electron chi connectivity index (χ4n) is 1.05. The Morgan fingerprint density at radius 3 is 2.82 bits per heavy atom. The molecule has 3 heteroatoms. The lowest BCUT2D eigenvalue weighted by Crippen LogP contribution is -2.16. The molecule has 0 atom stereocenters. The highest BCUT2D eigenvalue weighted by Gasteiger charge is 2.10. The first-order valence-corrected chi connectivity index (χ1v) is 5.07. The standard InChI is InChI=1S/C8H14O2S/c1-3-8(11-2)7-6-9-4-5-10-7/h3-6H2,1-2H3/b8-7+. The summed E-state index contributed by atoms with van der Waals surface area (Å²) in [5, 5.41) is 0. The molecule has 1 aliphatic rings. The number of allylic oxidation sites excluding steroid dienone is 1. The Labute approximate surface area is 71.9 Å². The van der Waals surface area contributed by atoms with Gasteiger partial charge in [-0.05, 0) is 12.7 Å². The SMILES string of the molecule is CC/C(SC)=C1/COCCO1. The Balaban J connectivity index is 2.57. The Bertz CT molecular complexity index is 140. The van der Waals surface area contributed by atoms with E-state index in [1.165, 1.54) is 4.91 Å². The predicted molar refractivity (Wildman–Crippen MR) is 47.6 cm³/mol. The number of thioether (sulfide) groups is 1. The third-order valence-corrected chi connectivity index (χ3v) is 2.62. The van der Waals surface area contributed by atoms with E-state index in [4.69, 9.17) is 9.47 Å². The number of hydrogen-bond acceptors (Lipinski definition) is 3. The largest absolute Gasteiger partial charge is 0.492 e. The third-order valence-electron chi connectivity index (χ3n) is 1.62. The van der Waals surface area contributed by atoms with Crippen LogP contribution < -0.4 is 0 Å². The third kappa shape index (κ3) is 2.42. The average Bonchev–Trinajstić information content (AvgIpc) is 2.09. The molecule has 0 aromatic heterocycles. The van der Waals surface area contributed by atoms with Crippen molar-refractivity contribution in [3.05, 3.63) is 10.7 Å². The minimum absolute atomic E-state index is 0.657. The van der Waals surface area contributed by atoms with Gasteiger partial charge in [0, 0.05) is 4.91 Å². The van der Waals surface area contributed by atoms with Crippen molar-refractivity contribution >= 4 is 11.8 Å². The van der Waals surface area contributed by atoms with E-state index in [-0.39, 0.29) is 0 Å². The number of rotatable bonds is 2. The van der Waals surface area contributed by atoms with Gasteiger partial charge in [-0.1, -0.05) is 6.92 Å². The molecule has 1 saturated heterocycles. The van der Waals surface area contributed by atoms with Crippen LogP contribution in [0, 0.1) is 0 Å². The van der Waals surface area contributed by atoms with Crippen LogP contribution in [0.5, 0.6) is 0 Å². The van der Waals surface area contributed by atoms with Crippen LogP contribution in [0.25, 0.3) is 0 Å². The van der Waals surface area contributed by atoms with E-state index in [1.807, 2.05) is 0 Å². The van der Waals surface area contributed by atoms with Gasteiger partial charge in [0.2, 0.25) is 0 Å². The molecule has 0 unspecified atom stereocenters. The topological polar surface area (TPSA) is 18.5 Å². The molecule has 0 aliphatic carbocycles. The summed E-state index contributed by atoms with van der Waals surface area (Å²) in [6.45, 7) is 4.23. The highest BCUT2D eigenvalue weighted by molar-refractivity contribution is 8.02. The zero-order chi connectivity index (χ0) is 8.10. The van der Waals surface area contributed by atoms with E-state index < -0.39 is 0 Å². The Morgan fingerprint density at radius 2 is 2.36 bits per heavy atom. The van der Waals surface area contributed by atoms with Gasteiger partial charge >= 0.3 is 0 Å². The van der Waals surface area contributed by atoms with Gasteiger partial charge in [-0.15, -0.1) is 11.8 Å². The summed E-state index contributed by atoms with van der Waals surface area (Å²) in [5.41, 5.74) is 0. The monoisotopic (exact) mass is 174 g/mol. The highest BCUT2D eigenvalue weighted by Crippen LogP contribution is 2.22. The first-order chi connectivity index (χ1) is 5.38. The van der Waals surface area contributed by atoms with Crippen molar-refractivity contribution in [2.75, 3.05) is 26.1 Å². The summed E-state index contributed by atoms with van der Waals surface area (Å²) in [7, 11) is 0. The van der Waals surface area contributed by atoms with Crippen LogP contribution in [0.4, 0.5) is 0 Å². The van der Waals surface area contributed by atoms with Crippen molar-refractivity contribution in [2.24, 2.45) is 0 Å². The van der Waals surface area contributed by atoms with Gasteiger partial charge in [0.25, 0.3) is 0 Å². The van der Waals surface area contributed by atoms with Crippen LogP contribution in [-0.4, -0.2) is 26.1 Å². The molecule has 0 saturated carbocycles. The molecule has 0 N–H and O–H groups in total. The molecule has 0 amide bonds. The van der Waals surface area contributed by atoms with E-state index in [9.17, 15) is 0 Å². The van der Waals surface area contributed by atoms with E-state index in [0.717, 1.165) is 18.8 Å². The Kier molecular flexibility index (Phi) is 3.80. The van der Waals surface area contributed by atoms with Crippen LogP contribution in [0.15, 0.2) is 10.7 Å². The molecule has 0 radical (unpaired) electrons. The second-order valence-corrected chi connectivity index (χ2v) is 3.21. The fraction of sp³-hybridized carbons (Fsp3) is 0.750. The van der Waals surface area contributed by atoms with E-state index in [2.05, 4.69) is 13.2 Å². The quantitative estimate of drug-likeness (QED) is 0.638. The Hall–Kier alpha value is -0.150. The molecule has 2 nitrogen and oxygen atoms in total. The highest BCUT2D eigenvalue weighted by atomic mass is 32.2. The molecule has 0 bridgehead atoms. The predicted octanol–water partition coefficient (Wildman–Crippen LogP) is 2.02. The van der Waals surface area contributed by atoms with Crippen molar-refractivity contribution in [3.63, 3.8) is 0 Å². The van der Waals surface area contributed by atoms with Crippen LogP contribution in [0.2, 0.25) is 0 Å². The fourth-order valence-corrected chi connectivity index (χ4v) is 1.68. The molecule has 1 rings (SSSR count). The van der Waals surface area contributed by atoms with Crippen LogP contribution >= 0.6 is 11.8 Å². The van der Waals surface area contributed by atoms with Gasteiger partial charge in [0.15, 0.2) is 0 Å². The second kappa shape index (κ2) is 4.67. The second-order valence-electron chi connectivity index (χ2n) is 2.31. The van der Waals surface area contributed by atoms with Crippen molar-refractivity contribution in [3.8, 4) is 0 Å². The maximum Gasteiger partial charge on any atom is 0.131 e. The minimum Gasteiger partial charge on any atom is -0.492 e. The van der Waals surface area contributed by atoms with Gasteiger partial charge in [0.05, 0.1) is 6.61 Å². The lowest BCUT2D eigenvalue weighted by molar-refractivity contribution is 0.0124. The first-order valence-electron chi connectivity index (χ1n) is 3.85. The van der Waals surface area contributed by atoms with Crippen LogP contribution in [-0.2, 0) is 9.47 Å². The van der Waals surface area contributed by atoms with Gasteiger partial charge in [-0.3, -0.25) is 0 Å². The maximum absolute atomic E-state index is 5.46. The summed E-state index contributed by atoms with van der Waals surface area (Å²) in [6.07, 6.45) is 3.11. The zero-order valence-corrected chi connectivity index (χ0v) is 7.87. The van der Waals surface area contributed by atoms with E-state index >= 15 is 0 Å². The van der Waals surface area contributed by atoms with Crippen molar-refractivity contribution in [2.45, 2.75) is 13.3 Å². The summed E-state index contributed by atoms with van der Waals surface area (Å²) in [5.74, 6) is 1.03.